The highest BCUT2D eigenvalue weighted by atomic mass is 16.4. The number of carboxylic acids is 2. The third kappa shape index (κ3) is 9.99. The summed E-state index contributed by atoms with van der Waals surface area (Å²) in [5, 5.41) is 35.3. The van der Waals surface area contributed by atoms with Crippen LogP contribution in [0.1, 0.15) is 24.0 Å². The molecule has 4 atom stereocenters. The third-order valence-electron chi connectivity index (χ3n) is 5.63. The van der Waals surface area contributed by atoms with Crippen LogP contribution in [0.2, 0.25) is 0 Å². The Kier molecular flexibility index (Phi) is 11.9. The van der Waals surface area contributed by atoms with Crippen molar-refractivity contribution >= 4 is 29.7 Å². The molecule has 0 aliphatic heterocycles. The molecule has 0 aliphatic rings. The molecular weight excluding hydrogens is 496 g/mol. The van der Waals surface area contributed by atoms with Crippen molar-refractivity contribution in [3.8, 4) is 0 Å². The predicted octanol–water partition coefficient (Wildman–Crippen LogP) is -0.805. The van der Waals surface area contributed by atoms with Crippen LogP contribution in [0.4, 0.5) is 0 Å². The monoisotopic (exact) mass is 528 g/mol. The highest BCUT2D eigenvalue weighted by Crippen LogP contribution is 2.07. The van der Waals surface area contributed by atoms with Crippen LogP contribution >= 0.6 is 0 Å². The summed E-state index contributed by atoms with van der Waals surface area (Å²) in [7, 11) is 0. The average molecular weight is 529 g/mol. The van der Waals surface area contributed by atoms with Crippen LogP contribution in [0.5, 0.6) is 0 Å². The van der Waals surface area contributed by atoms with Gasteiger partial charge in [-0.1, -0.05) is 60.7 Å². The van der Waals surface area contributed by atoms with Crippen molar-refractivity contribution in [2.24, 2.45) is 5.73 Å². The standard InChI is InChI=1S/C26H32N4O8/c27-18(11-12-22(32)33)23(34)30-21(15-31)25(36)28-19(13-16-7-3-1-4-8-16)24(35)29-20(26(37)38)14-17-9-5-2-6-10-17/h1-10,18-21,31H,11-15,27H2,(H,28,36)(H,29,35)(H,30,34)(H,32,33)(H,37,38). The summed E-state index contributed by atoms with van der Waals surface area (Å²) in [4.78, 5) is 60.9. The van der Waals surface area contributed by atoms with Crippen LogP contribution in [0.15, 0.2) is 60.7 Å². The van der Waals surface area contributed by atoms with Crippen LogP contribution in [0.3, 0.4) is 0 Å². The molecule has 0 aliphatic carbocycles. The van der Waals surface area contributed by atoms with Gasteiger partial charge in [-0.25, -0.2) is 4.79 Å². The van der Waals surface area contributed by atoms with E-state index in [1.807, 2.05) is 0 Å². The Balaban J connectivity index is 2.15. The van der Waals surface area contributed by atoms with Crippen molar-refractivity contribution in [1.82, 2.24) is 16.0 Å². The van der Waals surface area contributed by atoms with Crippen LogP contribution in [-0.4, -0.2) is 75.8 Å². The van der Waals surface area contributed by atoms with Crippen molar-refractivity contribution in [3.63, 3.8) is 0 Å². The molecule has 0 fully saturated rings. The van der Waals surface area contributed by atoms with Gasteiger partial charge in [0.25, 0.3) is 0 Å². The number of aliphatic carboxylic acids is 2. The Morgan fingerprint density at radius 1 is 0.684 bits per heavy atom. The second-order valence-electron chi connectivity index (χ2n) is 8.62. The molecule has 0 saturated heterocycles. The number of amides is 3. The first-order valence-corrected chi connectivity index (χ1v) is 11.9. The molecule has 204 valence electrons. The Labute approximate surface area is 219 Å². The molecule has 8 N–H and O–H groups in total. The smallest absolute Gasteiger partial charge is 0.326 e. The van der Waals surface area contributed by atoms with Crippen molar-refractivity contribution in [2.45, 2.75) is 49.9 Å². The van der Waals surface area contributed by atoms with E-state index in [1.54, 1.807) is 60.7 Å². The molecule has 2 rings (SSSR count). The molecule has 12 heteroatoms. The summed E-state index contributed by atoms with van der Waals surface area (Å²) < 4.78 is 0. The highest BCUT2D eigenvalue weighted by Gasteiger charge is 2.30. The zero-order valence-corrected chi connectivity index (χ0v) is 20.6. The number of carbonyl (C=O) groups is 5. The molecule has 4 unspecified atom stereocenters. The van der Waals surface area contributed by atoms with Gasteiger partial charge in [0.1, 0.15) is 18.1 Å². The molecule has 3 amide bonds. The summed E-state index contributed by atoms with van der Waals surface area (Å²) in [6.45, 7) is -0.825. The number of rotatable bonds is 15. The SMILES string of the molecule is NC(CCC(=O)O)C(=O)NC(CO)C(=O)NC(Cc1ccccc1)C(=O)NC(Cc1ccccc1)C(=O)O. The van der Waals surface area contributed by atoms with Gasteiger partial charge in [0.2, 0.25) is 17.7 Å². The van der Waals surface area contributed by atoms with Gasteiger partial charge < -0.3 is 37.0 Å². The predicted molar refractivity (Wildman–Crippen MR) is 136 cm³/mol. The summed E-state index contributed by atoms with van der Waals surface area (Å²) in [6.07, 6.45) is -0.534. The van der Waals surface area contributed by atoms with Crippen LogP contribution < -0.4 is 21.7 Å². The van der Waals surface area contributed by atoms with Gasteiger partial charge in [-0.3, -0.25) is 19.2 Å². The third-order valence-corrected chi connectivity index (χ3v) is 5.63. The fourth-order valence-corrected chi connectivity index (χ4v) is 3.54. The summed E-state index contributed by atoms with van der Waals surface area (Å²) in [6, 6.07) is 12.1. The molecule has 0 spiro atoms. The van der Waals surface area contributed by atoms with Gasteiger partial charge in [0.05, 0.1) is 12.6 Å². The van der Waals surface area contributed by atoms with Gasteiger partial charge in [0, 0.05) is 19.3 Å². The second kappa shape index (κ2) is 15.1. The Bertz CT molecular complexity index is 1100. The summed E-state index contributed by atoms with van der Waals surface area (Å²) in [5.74, 6) is -4.93. The first-order valence-electron chi connectivity index (χ1n) is 11.9. The quantitative estimate of drug-likeness (QED) is 0.154. The number of hydrogen-bond acceptors (Lipinski definition) is 7. The second-order valence-corrected chi connectivity index (χ2v) is 8.62. The lowest BCUT2D eigenvalue weighted by molar-refractivity contribution is -0.142. The maximum absolute atomic E-state index is 13.2. The molecule has 0 aromatic heterocycles. The van der Waals surface area contributed by atoms with Crippen molar-refractivity contribution in [1.29, 1.82) is 0 Å². The maximum Gasteiger partial charge on any atom is 0.326 e. The van der Waals surface area contributed by atoms with E-state index in [-0.39, 0.29) is 25.7 Å². The zero-order chi connectivity index (χ0) is 28.1. The first-order chi connectivity index (χ1) is 18.1. The molecule has 0 bridgehead atoms. The van der Waals surface area contributed by atoms with Gasteiger partial charge in [-0.15, -0.1) is 0 Å². The minimum absolute atomic E-state index is 0.000307. The lowest BCUT2D eigenvalue weighted by atomic mass is 10.0. The fraction of sp³-hybridized carbons (Fsp3) is 0.346. The topological polar surface area (TPSA) is 208 Å². The summed E-state index contributed by atoms with van der Waals surface area (Å²) in [5.41, 5.74) is 7.01. The lowest BCUT2D eigenvalue weighted by Crippen LogP contribution is -2.58. The fourth-order valence-electron chi connectivity index (χ4n) is 3.54. The normalized spacial score (nSPS) is 13.8. The van der Waals surface area contributed by atoms with Gasteiger partial charge in [0.15, 0.2) is 0 Å². The van der Waals surface area contributed by atoms with Gasteiger partial charge in [-0.2, -0.15) is 0 Å². The van der Waals surface area contributed by atoms with E-state index in [0.29, 0.717) is 11.1 Å². The van der Waals surface area contributed by atoms with Crippen LogP contribution in [0, 0.1) is 0 Å². The van der Waals surface area contributed by atoms with Gasteiger partial charge in [-0.05, 0) is 17.5 Å². The average Bonchev–Trinajstić information content (AvgIpc) is 2.90. The number of carboxylic acid groups (broad SMARTS) is 2. The Morgan fingerprint density at radius 2 is 1.13 bits per heavy atom. The first kappa shape index (κ1) is 29.9. The Morgan fingerprint density at radius 3 is 1.61 bits per heavy atom. The molecule has 0 radical (unpaired) electrons. The summed E-state index contributed by atoms with van der Waals surface area (Å²) >= 11 is 0. The van der Waals surface area contributed by atoms with Crippen molar-refractivity contribution < 1.29 is 39.3 Å². The molecule has 38 heavy (non-hydrogen) atoms. The molecule has 12 nitrogen and oxygen atoms in total. The van der Waals surface area contributed by atoms with E-state index in [4.69, 9.17) is 10.8 Å². The molecular formula is C26H32N4O8. The van der Waals surface area contributed by atoms with E-state index in [1.165, 1.54) is 0 Å². The number of carbonyl (C=O) groups excluding carboxylic acids is 3. The van der Waals surface area contributed by atoms with E-state index < -0.39 is 60.4 Å². The highest BCUT2D eigenvalue weighted by molar-refractivity contribution is 5.94. The lowest BCUT2D eigenvalue weighted by Gasteiger charge is -2.24. The molecule has 0 saturated carbocycles. The van der Waals surface area contributed by atoms with Gasteiger partial charge >= 0.3 is 11.9 Å². The van der Waals surface area contributed by atoms with E-state index in [9.17, 15) is 34.2 Å². The molecule has 2 aromatic carbocycles. The maximum atomic E-state index is 13.2. The van der Waals surface area contributed by atoms with Crippen molar-refractivity contribution in [2.75, 3.05) is 6.61 Å². The number of nitrogens with two attached hydrogens (primary N) is 1. The van der Waals surface area contributed by atoms with E-state index in [2.05, 4.69) is 16.0 Å². The van der Waals surface area contributed by atoms with E-state index in [0.717, 1.165) is 0 Å². The number of hydrogen-bond donors (Lipinski definition) is 7. The Hall–Kier alpha value is -4.29. The van der Waals surface area contributed by atoms with Crippen molar-refractivity contribution in [3.05, 3.63) is 71.8 Å². The number of benzene rings is 2. The number of aliphatic hydroxyl groups excluding tert-OH is 1. The van der Waals surface area contributed by atoms with E-state index >= 15 is 0 Å². The number of nitrogens with one attached hydrogen (secondary N) is 3. The van der Waals surface area contributed by atoms with Crippen LogP contribution in [0.25, 0.3) is 0 Å². The zero-order valence-electron chi connectivity index (χ0n) is 20.6. The molecule has 2 aromatic rings. The minimum atomic E-state index is -1.48. The van der Waals surface area contributed by atoms with Crippen LogP contribution in [-0.2, 0) is 36.8 Å². The largest absolute Gasteiger partial charge is 0.481 e. The number of aliphatic hydroxyl groups is 1. The molecule has 0 heterocycles. The minimum Gasteiger partial charge on any atom is -0.481 e.